The van der Waals surface area contributed by atoms with E-state index in [1.165, 1.54) is 12.8 Å². The van der Waals surface area contributed by atoms with Crippen LogP contribution in [-0.4, -0.2) is 43.2 Å². The molecule has 1 N–H and O–H groups in total. The Bertz CT molecular complexity index is 527. The molecule has 5 heteroatoms. The molecular weight excluding hydrogens is 322 g/mol. The molecule has 1 aliphatic rings. The Morgan fingerprint density at radius 1 is 1.17 bits per heavy atom. The van der Waals surface area contributed by atoms with Crippen LogP contribution in [0.4, 0.5) is 10.5 Å². The Morgan fingerprint density at radius 3 is 2.50 bits per heavy atom. The van der Waals surface area contributed by atoms with Crippen LogP contribution >= 0.6 is 11.6 Å². The molecule has 0 aromatic heterocycles. The third-order valence-corrected chi connectivity index (χ3v) is 4.76. The number of benzene rings is 1. The maximum atomic E-state index is 12.4. The predicted octanol–water partition coefficient (Wildman–Crippen LogP) is 4.39. The molecule has 0 spiro atoms. The van der Waals surface area contributed by atoms with Crippen LogP contribution in [-0.2, 0) is 0 Å². The van der Waals surface area contributed by atoms with Crippen molar-refractivity contribution in [3.8, 4) is 0 Å². The van der Waals surface area contributed by atoms with E-state index in [2.05, 4.69) is 37.1 Å². The summed E-state index contributed by atoms with van der Waals surface area (Å²) in [5.41, 5.74) is 1.13. The van der Waals surface area contributed by atoms with Gasteiger partial charge in [-0.3, -0.25) is 0 Å². The summed E-state index contributed by atoms with van der Waals surface area (Å²) in [4.78, 5) is 16.6. The number of anilines is 1. The highest BCUT2D eigenvalue weighted by molar-refractivity contribution is 6.30. The van der Waals surface area contributed by atoms with Crippen LogP contribution in [0.5, 0.6) is 0 Å². The van der Waals surface area contributed by atoms with Crippen molar-refractivity contribution in [1.82, 2.24) is 10.2 Å². The van der Waals surface area contributed by atoms with Crippen LogP contribution in [0.15, 0.2) is 24.3 Å². The van der Waals surface area contributed by atoms with Crippen LogP contribution in [0, 0.1) is 5.92 Å². The molecule has 1 atom stereocenters. The van der Waals surface area contributed by atoms with Gasteiger partial charge in [0.25, 0.3) is 0 Å². The van der Waals surface area contributed by atoms with Crippen molar-refractivity contribution >= 4 is 23.3 Å². The summed E-state index contributed by atoms with van der Waals surface area (Å²) < 4.78 is 0. The number of piperazine rings is 1. The van der Waals surface area contributed by atoms with E-state index in [0.29, 0.717) is 0 Å². The summed E-state index contributed by atoms with van der Waals surface area (Å²) in [5, 5.41) is 3.89. The molecule has 134 valence electrons. The first-order valence-corrected chi connectivity index (χ1v) is 9.39. The third-order valence-electron chi connectivity index (χ3n) is 4.53. The SMILES string of the molecule is CC(C)CCC[C@H](C)NC(=O)N1CCN(c2cccc(Cl)c2)CC1. The maximum Gasteiger partial charge on any atom is 0.317 e. The molecule has 1 fully saturated rings. The van der Waals surface area contributed by atoms with Crippen molar-refractivity contribution in [3.05, 3.63) is 29.3 Å². The highest BCUT2D eigenvalue weighted by atomic mass is 35.5. The zero-order chi connectivity index (χ0) is 17.5. The van der Waals surface area contributed by atoms with Crippen LogP contribution in [0.2, 0.25) is 5.02 Å². The molecule has 1 aromatic carbocycles. The number of carbonyl (C=O) groups excluding carboxylic acids is 1. The molecule has 1 aromatic rings. The standard InChI is InChI=1S/C19H30ClN3O/c1-15(2)6-4-7-16(3)21-19(24)23-12-10-22(11-13-23)18-9-5-8-17(20)14-18/h5,8-9,14-16H,4,6-7,10-13H2,1-3H3,(H,21,24)/t16-/m0/s1. The summed E-state index contributed by atoms with van der Waals surface area (Å²) in [6.45, 7) is 9.75. The minimum absolute atomic E-state index is 0.0674. The van der Waals surface area contributed by atoms with Crippen molar-refractivity contribution in [1.29, 1.82) is 0 Å². The van der Waals surface area contributed by atoms with Crippen molar-refractivity contribution in [2.75, 3.05) is 31.1 Å². The fraction of sp³-hybridized carbons (Fsp3) is 0.632. The van der Waals surface area contributed by atoms with E-state index in [1.807, 2.05) is 23.1 Å². The quantitative estimate of drug-likeness (QED) is 0.825. The van der Waals surface area contributed by atoms with Gasteiger partial charge in [0.05, 0.1) is 0 Å². The van der Waals surface area contributed by atoms with E-state index in [0.717, 1.165) is 49.2 Å². The highest BCUT2D eigenvalue weighted by Crippen LogP contribution is 2.20. The average Bonchev–Trinajstić information content (AvgIpc) is 2.54. The smallest absolute Gasteiger partial charge is 0.317 e. The van der Waals surface area contributed by atoms with E-state index in [-0.39, 0.29) is 12.1 Å². The first-order chi connectivity index (χ1) is 11.5. The normalized spacial score (nSPS) is 16.4. The molecule has 24 heavy (non-hydrogen) atoms. The number of nitrogens with one attached hydrogen (secondary N) is 1. The van der Waals surface area contributed by atoms with Gasteiger partial charge >= 0.3 is 6.03 Å². The topological polar surface area (TPSA) is 35.6 Å². The number of carbonyl (C=O) groups is 1. The molecule has 4 nitrogen and oxygen atoms in total. The van der Waals surface area contributed by atoms with E-state index in [1.54, 1.807) is 0 Å². The van der Waals surface area contributed by atoms with Gasteiger partial charge in [-0.1, -0.05) is 44.4 Å². The second-order valence-electron chi connectivity index (χ2n) is 7.13. The van der Waals surface area contributed by atoms with Gasteiger partial charge in [-0.25, -0.2) is 4.79 Å². The summed E-state index contributed by atoms with van der Waals surface area (Å²) in [6, 6.07) is 8.21. The Labute approximate surface area is 151 Å². The monoisotopic (exact) mass is 351 g/mol. The summed E-state index contributed by atoms with van der Waals surface area (Å²) in [6.07, 6.45) is 3.44. The largest absolute Gasteiger partial charge is 0.368 e. The number of hydrogen-bond acceptors (Lipinski definition) is 2. The van der Waals surface area contributed by atoms with E-state index in [9.17, 15) is 4.79 Å². The minimum Gasteiger partial charge on any atom is -0.368 e. The Balaban J connectivity index is 1.74. The molecule has 0 unspecified atom stereocenters. The van der Waals surface area contributed by atoms with Gasteiger partial charge in [0.15, 0.2) is 0 Å². The maximum absolute atomic E-state index is 12.4. The summed E-state index contributed by atoms with van der Waals surface area (Å²) >= 11 is 6.06. The molecule has 1 saturated heterocycles. The lowest BCUT2D eigenvalue weighted by molar-refractivity contribution is 0.190. The number of urea groups is 1. The average molecular weight is 352 g/mol. The predicted molar refractivity (Wildman–Crippen MR) is 102 cm³/mol. The zero-order valence-electron chi connectivity index (χ0n) is 15.1. The Morgan fingerprint density at radius 2 is 1.88 bits per heavy atom. The molecule has 1 heterocycles. The molecule has 2 amide bonds. The van der Waals surface area contributed by atoms with Gasteiger partial charge in [-0.2, -0.15) is 0 Å². The van der Waals surface area contributed by atoms with Crippen molar-refractivity contribution in [2.24, 2.45) is 5.92 Å². The van der Waals surface area contributed by atoms with Gasteiger partial charge in [0, 0.05) is 42.9 Å². The molecule has 2 rings (SSSR count). The van der Waals surface area contributed by atoms with Crippen LogP contribution in [0.1, 0.15) is 40.0 Å². The first-order valence-electron chi connectivity index (χ1n) is 9.01. The minimum atomic E-state index is 0.0674. The lowest BCUT2D eigenvalue weighted by Gasteiger charge is -2.36. The van der Waals surface area contributed by atoms with Crippen LogP contribution < -0.4 is 10.2 Å². The van der Waals surface area contributed by atoms with E-state index < -0.39 is 0 Å². The van der Waals surface area contributed by atoms with Gasteiger partial charge in [0.1, 0.15) is 0 Å². The second-order valence-corrected chi connectivity index (χ2v) is 7.57. The van der Waals surface area contributed by atoms with E-state index in [4.69, 9.17) is 11.6 Å². The highest BCUT2D eigenvalue weighted by Gasteiger charge is 2.22. The summed E-state index contributed by atoms with van der Waals surface area (Å²) in [5.74, 6) is 0.729. The van der Waals surface area contributed by atoms with Gasteiger partial charge in [0.2, 0.25) is 0 Å². The van der Waals surface area contributed by atoms with Crippen molar-refractivity contribution in [2.45, 2.75) is 46.1 Å². The third kappa shape index (κ3) is 5.90. The lowest BCUT2D eigenvalue weighted by Crippen LogP contribution is -2.53. The molecule has 0 bridgehead atoms. The van der Waals surface area contributed by atoms with Crippen molar-refractivity contribution < 1.29 is 4.79 Å². The molecule has 0 radical (unpaired) electrons. The van der Waals surface area contributed by atoms with Crippen molar-refractivity contribution in [3.63, 3.8) is 0 Å². The summed E-state index contributed by atoms with van der Waals surface area (Å²) in [7, 11) is 0. The fourth-order valence-corrected chi connectivity index (χ4v) is 3.23. The van der Waals surface area contributed by atoms with Gasteiger partial charge in [-0.05, 0) is 37.5 Å². The number of halogens is 1. The molecular formula is C19H30ClN3O. The zero-order valence-corrected chi connectivity index (χ0v) is 15.9. The number of amides is 2. The van der Waals surface area contributed by atoms with Gasteiger partial charge in [-0.15, -0.1) is 0 Å². The Hall–Kier alpha value is -1.42. The number of nitrogens with zero attached hydrogens (tertiary/aromatic N) is 2. The van der Waals surface area contributed by atoms with Crippen LogP contribution in [0.25, 0.3) is 0 Å². The van der Waals surface area contributed by atoms with Gasteiger partial charge < -0.3 is 15.1 Å². The van der Waals surface area contributed by atoms with E-state index >= 15 is 0 Å². The fourth-order valence-electron chi connectivity index (χ4n) is 3.05. The first kappa shape index (κ1) is 18.9. The second kappa shape index (κ2) is 9.16. The molecule has 1 aliphatic heterocycles. The molecule has 0 aliphatic carbocycles. The number of hydrogen-bond donors (Lipinski definition) is 1. The lowest BCUT2D eigenvalue weighted by atomic mass is 10.0. The molecule has 0 saturated carbocycles. The van der Waals surface area contributed by atoms with Crippen LogP contribution in [0.3, 0.4) is 0 Å². The Kier molecular flexibility index (Phi) is 7.22. The number of rotatable bonds is 6.